The molecule has 0 bridgehead atoms. The first kappa shape index (κ1) is 10.0. The minimum Gasteiger partial charge on any atom is -0.312 e. The zero-order valence-electron chi connectivity index (χ0n) is 8.66. The second-order valence-corrected chi connectivity index (χ2v) is 4.40. The third kappa shape index (κ3) is 3.14. The van der Waals surface area contributed by atoms with Gasteiger partial charge in [0.1, 0.15) is 0 Å². The molecule has 0 aromatic rings. The van der Waals surface area contributed by atoms with Gasteiger partial charge in [-0.3, -0.25) is 0 Å². The average Bonchev–Trinajstić information content (AvgIpc) is 2.47. The first-order valence-corrected chi connectivity index (χ1v) is 5.52. The van der Waals surface area contributed by atoms with Crippen molar-refractivity contribution in [3.05, 3.63) is 0 Å². The maximum Gasteiger partial charge on any atom is 0.0153 e. The highest BCUT2D eigenvalue weighted by atomic mass is 15.0. The monoisotopic (exact) mass is 169 g/mol. The summed E-state index contributed by atoms with van der Waals surface area (Å²) in [5.74, 6) is 0. The Morgan fingerprint density at radius 3 is 2.67 bits per heavy atom. The quantitative estimate of drug-likeness (QED) is 0.624. The number of unbranched alkanes of at least 4 members (excludes halogenated alkanes) is 3. The highest BCUT2D eigenvalue weighted by molar-refractivity contribution is 4.87. The first-order valence-electron chi connectivity index (χ1n) is 5.52. The molecule has 0 radical (unpaired) electrons. The van der Waals surface area contributed by atoms with Crippen LogP contribution in [-0.2, 0) is 0 Å². The third-order valence-electron chi connectivity index (χ3n) is 3.04. The molecule has 1 saturated heterocycles. The predicted octanol–water partition coefficient (Wildman–Crippen LogP) is 3.10. The molecule has 1 nitrogen and oxygen atoms in total. The summed E-state index contributed by atoms with van der Waals surface area (Å²) in [7, 11) is 0. The minimum absolute atomic E-state index is 0.494. The summed E-state index contributed by atoms with van der Waals surface area (Å²) >= 11 is 0. The maximum absolute atomic E-state index is 3.61. The van der Waals surface area contributed by atoms with Gasteiger partial charge in [0, 0.05) is 5.54 Å². The fraction of sp³-hybridized carbons (Fsp3) is 1.00. The standard InChI is InChI=1S/C11H23N/c1-3-4-5-6-8-11(2)9-7-10-12-11/h12H,3-10H2,1-2H3. The molecule has 1 aliphatic rings. The lowest BCUT2D eigenvalue weighted by Gasteiger charge is -2.23. The summed E-state index contributed by atoms with van der Waals surface area (Å²) in [6, 6.07) is 0. The van der Waals surface area contributed by atoms with Crippen LogP contribution in [0, 0.1) is 0 Å². The van der Waals surface area contributed by atoms with Crippen LogP contribution in [0.25, 0.3) is 0 Å². The Kier molecular flexibility index (Phi) is 4.07. The van der Waals surface area contributed by atoms with Crippen LogP contribution in [0.5, 0.6) is 0 Å². The lowest BCUT2D eigenvalue weighted by Crippen LogP contribution is -2.35. The van der Waals surface area contributed by atoms with E-state index >= 15 is 0 Å². The van der Waals surface area contributed by atoms with Gasteiger partial charge in [0.05, 0.1) is 0 Å². The van der Waals surface area contributed by atoms with Crippen molar-refractivity contribution in [2.75, 3.05) is 6.54 Å². The molecule has 12 heavy (non-hydrogen) atoms. The molecular weight excluding hydrogens is 146 g/mol. The fourth-order valence-electron chi connectivity index (χ4n) is 2.11. The Balaban J connectivity index is 2.05. The SMILES string of the molecule is CCCCCCC1(C)CCCN1. The van der Waals surface area contributed by atoms with E-state index in [4.69, 9.17) is 0 Å². The zero-order valence-corrected chi connectivity index (χ0v) is 8.66. The molecule has 0 saturated carbocycles. The average molecular weight is 169 g/mol. The van der Waals surface area contributed by atoms with E-state index in [1.807, 2.05) is 0 Å². The summed E-state index contributed by atoms with van der Waals surface area (Å²) in [6.07, 6.45) is 9.75. The van der Waals surface area contributed by atoms with Gasteiger partial charge < -0.3 is 5.32 Å². The number of nitrogens with one attached hydrogen (secondary N) is 1. The molecule has 1 heteroatoms. The van der Waals surface area contributed by atoms with Gasteiger partial charge in [0.15, 0.2) is 0 Å². The summed E-state index contributed by atoms with van der Waals surface area (Å²) in [6.45, 7) is 5.89. The molecule has 72 valence electrons. The van der Waals surface area contributed by atoms with E-state index in [0.29, 0.717) is 5.54 Å². The van der Waals surface area contributed by atoms with Gasteiger partial charge in [-0.15, -0.1) is 0 Å². The van der Waals surface area contributed by atoms with E-state index in [0.717, 1.165) is 0 Å². The zero-order chi connectivity index (χ0) is 8.86. The van der Waals surface area contributed by atoms with Crippen molar-refractivity contribution in [3.63, 3.8) is 0 Å². The van der Waals surface area contributed by atoms with Gasteiger partial charge in [-0.2, -0.15) is 0 Å². The Morgan fingerprint density at radius 1 is 1.25 bits per heavy atom. The van der Waals surface area contributed by atoms with E-state index in [9.17, 15) is 0 Å². The summed E-state index contributed by atoms with van der Waals surface area (Å²) < 4.78 is 0. The van der Waals surface area contributed by atoms with Crippen LogP contribution < -0.4 is 5.32 Å². The number of rotatable bonds is 5. The summed E-state index contributed by atoms with van der Waals surface area (Å²) in [5.41, 5.74) is 0.494. The molecule has 1 heterocycles. The molecule has 1 N–H and O–H groups in total. The molecule has 0 aliphatic carbocycles. The molecule has 0 spiro atoms. The van der Waals surface area contributed by atoms with Crippen molar-refractivity contribution < 1.29 is 0 Å². The van der Waals surface area contributed by atoms with Gasteiger partial charge in [-0.05, 0) is 32.7 Å². The third-order valence-corrected chi connectivity index (χ3v) is 3.04. The van der Waals surface area contributed by atoms with Crippen LogP contribution in [-0.4, -0.2) is 12.1 Å². The molecule has 0 aromatic carbocycles. The Morgan fingerprint density at radius 2 is 2.08 bits per heavy atom. The summed E-state index contributed by atoms with van der Waals surface area (Å²) in [4.78, 5) is 0. The van der Waals surface area contributed by atoms with Crippen LogP contribution in [0.15, 0.2) is 0 Å². The molecule has 1 unspecified atom stereocenters. The predicted molar refractivity (Wildman–Crippen MR) is 54.4 cm³/mol. The van der Waals surface area contributed by atoms with Gasteiger partial charge >= 0.3 is 0 Å². The first-order chi connectivity index (χ1) is 5.77. The van der Waals surface area contributed by atoms with Crippen molar-refractivity contribution in [2.24, 2.45) is 0 Å². The van der Waals surface area contributed by atoms with E-state index in [1.165, 1.54) is 51.5 Å². The van der Waals surface area contributed by atoms with Gasteiger partial charge in [0.2, 0.25) is 0 Å². The van der Waals surface area contributed by atoms with E-state index in [2.05, 4.69) is 19.2 Å². The van der Waals surface area contributed by atoms with E-state index in [-0.39, 0.29) is 0 Å². The molecule has 1 fully saturated rings. The Hall–Kier alpha value is -0.0400. The summed E-state index contributed by atoms with van der Waals surface area (Å²) in [5, 5.41) is 3.61. The van der Waals surface area contributed by atoms with E-state index in [1.54, 1.807) is 0 Å². The van der Waals surface area contributed by atoms with Crippen molar-refractivity contribution in [3.8, 4) is 0 Å². The van der Waals surface area contributed by atoms with Crippen molar-refractivity contribution in [2.45, 2.75) is 64.3 Å². The van der Waals surface area contributed by atoms with Crippen LogP contribution >= 0.6 is 0 Å². The van der Waals surface area contributed by atoms with Gasteiger partial charge in [-0.25, -0.2) is 0 Å². The highest BCUT2D eigenvalue weighted by Crippen LogP contribution is 2.24. The maximum atomic E-state index is 3.61. The molecule has 1 atom stereocenters. The molecular formula is C11H23N. The molecule has 0 aromatic heterocycles. The van der Waals surface area contributed by atoms with Crippen LogP contribution in [0.1, 0.15) is 58.8 Å². The molecule has 1 rings (SSSR count). The number of hydrogen-bond acceptors (Lipinski definition) is 1. The van der Waals surface area contributed by atoms with Crippen LogP contribution in [0.4, 0.5) is 0 Å². The molecule has 0 amide bonds. The van der Waals surface area contributed by atoms with Gasteiger partial charge in [-0.1, -0.05) is 32.6 Å². The highest BCUT2D eigenvalue weighted by Gasteiger charge is 2.26. The van der Waals surface area contributed by atoms with Crippen molar-refractivity contribution >= 4 is 0 Å². The van der Waals surface area contributed by atoms with Crippen LogP contribution in [0.3, 0.4) is 0 Å². The van der Waals surface area contributed by atoms with Crippen molar-refractivity contribution in [1.29, 1.82) is 0 Å². The van der Waals surface area contributed by atoms with Crippen molar-refractivity contribution in [1.82, 2.24) is 5.32 Å². The lowest BCUT2D eigenvalue weighted by molar-refractivity contribution is 0.366. The Labute approximate surface area is 76.9 Å². The Bertz CT molecular complexity index is 114. The van der Waals surface area contributed by atoms with Crippen LogP contribution in [0.2, 0.25) is 0 Å². The second kappa shape index (κ2) is 4.86. The minimum atomic E-state index is 0.494. The molecule has 1 aliphatic heterocycles. The fourth-order valence-corrected chi connectivity index (χ4v) is 2.11. The van der Waals surface area contributed by atoms with E-state index < -0.39 is 0 Å². The second-order valence-electron chi connectivity index (χ2n) is 4.40. The lowest BCUT2D eigenvalue weighted by atomic mass is 9.93. The largest absolute Gasteiger partial charge is 0.312 e. The number of hydrogen-bond donors (Lipinski definition) is 1. The topological polar surface area (TPSA) is 12.0 Å². The van der Waals surface area contributed by atoms with Gasteiger partial charge in [0.25, 0.3) is 0 Å². The smallest absolute Gasteiger partial charge is 0.0153 e. The normalized spacial score (nSPS) is 29.5.